The maximum atomic E-state index is 5.41. The van der Waals surface area contributed by atoms with Gasteiger partial charge in [-0.05, 0) is 37.3 Å². The molecule has 0 unspecified atom stereocenters. The fourth-order valence-corrected chi connectivity index (χ4v) is 3.05. The average molecular weight is 287 g/mol. The van der Waals surface area contributed by atoms with Crippen LogP contribution in [0.25, 0.3) is 27.5 Å². The van der Waals surface area contributed by atoms with Gasteiger partial charge >= 0.3 is 0 Å². The SMILES string of the molecule is COc1ccc2c3ccccc3n(-c3ccc(C)cc3)c2c1. The van der Waals surface area contributed by atoms with E-state index in [9.17, 15) is 0 Å². The number of nitrogens with zero attached hydrogens (tertiary/aromatic N) is 1. The first-order chi connectivity index (χ1) is 10.8. The first-order valence-corrected chi connectivity index (χ1v) is 7.42. The summed E-state index contributed by atoms with van der Waals surface area (Å²) < 4.78 is 7.71. The minimum Gasteiger partial charge on any atom is -0.497 e. The van der Waals surface area contributed by atoms with E-state index in [0.717, 1.165) is 5.75 Å². The van der Waals surface area contributed by atoms with Gasteiger partial charge in [-0.25, -0.2) is 0 Å². The number of aryl methyl sites for hydroxylation is 1. The molecule has 0 radical (unpaired) electrons. The standard InChI is InChI=1S/C20H17NO/c1-14-7-9-15(10-8-14)21-19-6-4-3-5-17(19)18-12-11-16(22-2)13-20(18)21/h3-13H,1-2H3. The topological polar surface area (TPSA) is 14.2 Å². The zero-order valence-electron chi connectivity index (χ0n) is 12.7. The predicted octanol–water partition coefficient (Wildman–Crippen LogP) is 5.10. The summed E-state index contributed by atoms with van der Waals surface area (Å²) >= 11 is 0. The second-order valence-corrected chi connectivity index (χ2v) is 5.57. The summed E-state index contributed by atoms with van der Waals surface area (Å²) in [5.74, 6) is 0.878. The van der Waals surface area contributed by atoms with Gasteiger partial charge in [0, 0.05) is 22.5 Å². The lowest BCUT2D eigenvalue weighted by Crippen LogP contribution is -1.94. The van der Waals surface area contributed by atoms with Crippen LogP contribution in [0, 0.1) is 6.92 Å². The molecule has 2 heteroatoms. The summed E-state index contributed by atoms with van der Waals surface area (Å²) in [6.45, 7) is 2.11. The van der Waals surface area contributed by atoms with Crippen LogP contribution < -0.4 is 4.74 Å². The molecule has 3 aromatic carbocycles. The number of rotatable bonds is 2. The van der Waals surface area contributed by atoms with Crippen LogP contribution in [0.1, 0.15) is 5.56 Å². The third-order valence-corrected chi connectivity index (χ3v) is 4.17. The maximum absolute atomic E-state index is 5.41. The Bertz CT molecular complexity index is 964. The van der Waals surface area contributed by atoms with Crippen molar-refractivity contribution in [3.05, 3.63) is 72.3 Å². The van der Waals surface area contributed by atoms with Gasteiger partial charge in [-0.3, -0.25) is 0 Å². The van der Waals surface area contributed by atoms with Crippen molar-refractivity contribution in [2.45, 2.75) is 6.92 Å². The highest BCUT2D eigenvalue weighted by molar-refractivity contribution is 6.09. The molecule has 22 heavy (non-hydrogen) atoms. The molecule has 4 rings (SSSR count). The van der Waals surface area contributed by atoms with Crippen molar-refractivity contribution in [1.82, 2.24) is 4.57 Å². The van der Waals surface area contributed by atoms with Gasteiger partial charge in [-0.15, -0.1) is 0 Å². The fraction of sp³-hybridized carbons (Fsp3) is 0.100. The number of methoxy groups -OCH3 is 1. The van der Waals surface area contributed by atoms with E-state index in [4.69, 9.17) is 4.74 Å². The number of hydrogen-bond acceptors (Lipinski definition) is 1. The Morgan fingerprint density at radius 2 is 1.50 bits per heavy atom. The van der Waals surface area contributed by atoms with Gasteiger partial charge in [0.25, 0.3) is 0 Å². The van der Waals surface area contributed by atoms with Gasteiger partial charge in [0.15, 0.2) is 0 Å². The minimum absolute atomic E-state index is 0.878. The molecule has 0 atom stereocenters. The average Bonchev–Trinajstić information content (AvgIpc) is 2.89. The van der Waals surface area contributed by atoms with Gasteiger partial charge in [0.05, 0.1) is 18.1 Å². The Hall–Kier alpha value is -2.74. The lowest BCUT2D eigenvalue weighted by atomic mass is 10.1. The zero-order valence-corrected chi connectivity index (χ0v) is 12.7. The molecule has 0 spiro atoms. The number of fused-ring (bicyclic) bond motifs is 3. The highest BCUT2D eigenvalue weighted by Crippen LogP contribution is 2.33. The van der Waals surface area contributed by atoms with Crippen LogP contribution in [0.3, 0.4) is 0 Å². The molecule has 0 aliphatic rings. The van der Waals surface area contributed by atoms with E-state index >= 15 is 0 Å². The third kappa shape index (κ3) is 1.88. The van der Waals surface area contributed by atoms with Crippen LogP contribution in [-0.4, -0.2) is 11.7 Å². The van der Waals surface area contributed by atoms with Crippen LogP contribution >= 0.6 is 0 Å². The van der Waals surface area contributed by atoms with Crippen LogP contribution in [-0.2, 0) is 0 Å². The molecule has 2 nitrogen and oxygen atoms in total. The molecule has 0 amide bonds. The molecule has 4 aromatic rings. The summed E-state index contributed by atoms with van der Waals surface area (Å²) in [5, 5.41) is 2.51. The monoisotopic (exact) mass is 287 g/mol. The Labute approximate surface area is 129 Å². The van der Waals surface area contributed by atoms with Gasteiger partial charge in [-0.1, -0.05) is 35.9 Å². The minimum atomic E-state index is 0.878. The molecule has 108 valence electrons. The fourth-order valence-electron chi connectivity index (χ4n) is 3.05. The Balaban J connectivity index is 2.14. The highest BCUT2D eigenvalue weighted by Gasteiger charge is 2.12. The smallest absolute Gasteiger partial charge is 0.120 e. The van der Waals surface area contributed by atoms with E-state index in [0.29, 0.717) is 0 Å². The first kappa shape index (κ1) is 13.0. The molecule has 1 aromatic heterocycles. The zero-order chi connectivity index (χ0) is 15.1. The van der Waals surface area contributed by atoms with Crippen molar-refractivity contribution < 1.29 is 4.74 Å². The number of benzene rings is 3. The summed E-state index contributed by atoms with van der Waals surface area (Å²) in [5.41, 5.74) is 4.83. The lowest BCUT2D eigenvalue weighted by Gasteiger charge is -2.08. The largest absolute Gasteiger partial charge is 0.497 e. The van der Waals surface area contributed by atoms with Crippen molar-refractivity contribution in [2.75, 3.05) is 7.11 Å². The number of ether oxygens (including phenoxy) is 1. The molecular weight excluding hydrogens is 270 g/mol. The highest BCUT2D eigenvalue weighted by atomic mass is 16.5. The van der Waals surface area contributed by atoms with Crippen molar-refractivity contribution >= 4 is 21.8 Å². The quantitative estimate of drug-likeness (QED) is 0.500. The van der Waals surface area contributed by atoms with Crippen LogP contribution in [0.15, 0.2) is 66.7 Å². The second kappa shape index (κ2) is 4.92. The lowest BCUT2D eigenvalue weighted by molar-refractivity contribution is 0.415. The first-order valence-electron chi connectivity index (χ1n) is 7.42. The number of hydrogen-bond donors (Lipinski definition) is 0. The maximum Gasteiger partial charge on any atom is 0.120 e. The van der Waals surface area contributed by atoms with E-state index in [1.165, 1.54) is 33.1 Å². The van der Waals surface area contributed by atoms with Crippen molar-refractivity contribution in [3.8, 4) is 11.4 Å². The molecule has 0 aliphatic heterocycles. The summed E-state index contributed by atoms with van der Waals surface area (Å²) in [6.07, 6.45) is 0. The van der Waals surface area contributed by atoms with Crippen molar-refractivity contribution in [1.29, 1.82) is 0 Å². The van der Waals surface area contributed by atoms with Crippen molar-refractivity contribution in [2.24, 2.45) is 0 Å². The van der Waals surface area contributed by atoms with Crippen molar-refractivity contribution in [3.63, 3.8) is 0 Å². The normalized spacial score (nSPS) is 11.2. The van der Waals surface area contributed by atoms with Gasteiger partial charge in [0.2, 0.25) is 0 Å². The Morgan fingerprint density at radius 3 is 2.27 bits per heavy atom. The molecule has 1 heterocycles. The predicted molar refractivity (Wildman–Crippen MR) is 92.1 cm³/mol. The van der Waals surface area contributed by atoms with Gasteiger partial charge < -0.3 is 9.30 Å². The van der Waals surface area contributed by atoms with E-state index in [1.807, 2.05) is 6.07 Å². The summed E-state index contributed by atoms with van der Waals surface area (Å²) in [4.78, 5) is 0. The van der Waals surface area contributed by atoms with E-state index in [1.54, 1.807) is 7.11 Å². The summed E-state index contributed by atoms with van der Waals surface area (Å²) in [7, 11) is 1.71. The van der Waals surface area contributed by atoms with E-state index < -0.39 is 0 Å². The molecule has 0 N–H and O–H groups in total. The Morgan fingerprint density at radius 1 is 0.773 bits per heavy atom. The Kier molecular flexibility index (Phi) is 2.90. The van der Waals surface area contributed by atoms with Crippen LogP contribution in [0.4, 0.5) is 0 Å². The molecule has 0 saturated carbocycles. The summed E-state index contributed by atoms with van der Waals surface area (Å²) in [6, 6.07) is 23.4. The van der Waals surface area contributed by atoms with Gasteiger partial charge in [0.1, 0.15) is 5.75 Å². The molecule has 0 aliphatic carbocycles. The van der Waals surface area contributed by atoms with Crippen LogP contribution in [0.2, 0.25) is 0 Å². The third-order valence-electron chi connectivity index (χ3n) is 4.17. The number of para-hydroxylation sites is 1. The molecule has 0 saturated heterocycles. The molecule has 0 fully saturated rings. The second-order valence-electron chi connectivity index (χ2n) is 5.57. The van der Waals surface area contributed by atoms with Crippen LogP contribution in [0.5, 0.6) is 5.75 Å². The van der Waals surface area contributed by atoms with E-state index in [2.05, 4.69) is 72.2 Å². The molecular formula is C20H17NO. The molecule has 0 bridgehead atoms. The number of aromatic nitrogens is 1. The van der Waals surface area contributed by atoms with E-state index in [-0.39, 0.29) is 0 Å². The van der Waals surface area contributed by atoms with Gasteiger partial charge in [-0.2, -0.15) is 0 Å².